The molecule has 0 bridgehead atoms. The number of aliphatic imine (C=N–C) groups is 4. The molecule has 0 aliphatic carbocycles. The number of amidine groups is 4. The fraction of sp³-hybridized carbons (Fsp3) is 0.397. The van der Waals surface area contributed by atoms with Gasteiger partial charge in [0.2, 0.25) is 53.6 Å². The number of hydrogen-bond acceptors (Lipinski definition) is 37. The van der Waals surface area contributed by atoms with E-state index in [4.69, 9.17) is 154 Å². The lowest BCUT2D eigenvalue weighted by atomic mass is 10.4. The highest BCUT2D eigenvalue weighted by Gasteiger charge is 1.93. The monoisotopic (exact) mass is 1650 g/mol. The van der Waals surface area contributed by atoms with Gasteiger partial charge in [0.25, 0.3) is 0 Å². The van der Waals surface area contributed by atoms with Crippen LogP contribution in [0.15, 0.2) is 158 Å². The Kier molecular flexibility index (Phi) is 82.3. The number of nitrogens with one attached hydrogen (secondary N) is 5. The van der Waals surface area contributed by atoms with Crippen LogP contribution >= 0.6 is 0 Å². The van der Waals surface area contributed by atoms with Crippen LogP contribution < -0.4 is 137 Å². The highest BCUT2D eigenvalue weighted by atomic mass is 15.3. The molecule has 51 N–H and O–H groups in total. The molecule has 0 aliphatic heterocycles. The van der Waals surface area contributed by atoms with E-state index in [2.05, 4.69) is 163 Å². The van der Waals surface area contributed by atoms with Crippen LogP contribution in [0, 0.1) is 21.6 Å². The Hall–Kier alpha value is -16.2. The molecular weight excluding hydrogens is 1520 g/mol. The minimum Gasteiger partial charge on any atom is -0.386 e. The predicted octanol–water partition coefficient (Wildman–Crippen LogP) is -6.51. The van der Waals surface area contributed by atoms with Gasteiger partial charge in [0.1, 0.15) is 23.3 Å². The smallest absolute Gasteiger partial charge is 0.211 e. The summed E-state index contributed by atoms with van der Waals surface area (Å²) in [5.74, 6) is 0.607. The summed E-state index contributed by atoms with van der Waals surface area (Å²) in [6.07, 6.45) is 12.9. The number of nitrogens with two attached hydrogens (primary N) is 23. The lowest BCUT2D eigenvalue weighted by Gasteiger charge is -2.01. The first kappa shape index (κ1) is 119. The Bertz CT molecular complexity index is 3460. The van der Waals surface area contributed by atoms with E-state index < -0.39 is 0 Å². The summed E-state index contributed by atoms with van der Waals surface area (Å²) in [4.78, 5) is 15.7. The number of rotatable bonds is 32. The molecule has 59 heteroatoms. The van der Waals surface area contributed by atoms with Crippen molar-refractivity contribution in [2.75, 3.05) is 26.2 Å². The Morgan fingerprint density at radius 2 is 0.359 bits per heavy atom. The maximum atomic E-state index is 7.09. The standard InChI is InChI=1S/4C7H14N6.C6H15N7.4C6H13N7/c4*1-5(8)3-11-4-6(2)12-13-7(9)10;5*1-4(11-13-6(8)9)3-10-12-5(2)7/h4*4,8H,3H2,1-2H3,(H4,9,10,13);3,5,12H,7H2,1-2H3,(H4,8,9,13);4*3H,1-2H3,(H2,7,12)(H4,8,9,13)/b2*8-5?,11-4?,12-6+;2*8-5?,11-4?,12-6-;10-3+,11-4+;10-3+,11-4-;3*10-3-,11-4+. The van der Waals surface area contributed by atoms with E-state index in [1.807, 2.05) is 0 Å². The molecule has 0 radical (unpaired) electrons. The minimum atomic E-state index is -0.202. The van der Waals surface area contributed by atoms with Crippen molar-refractivity contribution < 1.29 is 0 Å². The molecule has 0 heterocycles. The third-order valence-electron chi connectivity index (χ3n) is 7.70. The van der Waals surface area contributed by atoms with Gasteiger partial charge >= 0.3 is 0 Å². The zero-order chi connectivity index (χ0) is 92.4. The normalized spacial score (nSPS) is 12.7. The Balaban J connectivity index is -0.000000160. The molecule has 117 heavy (non-hydrogen) atoms. The second kappa shape index (κ2) is 80.8. The van der Waals surface area contributed by atoms with Crippen molar-refractivity contribution in [3.8, 4) is 0 Å². The quantitative estimate of drug-likeness (QED) is 0.0129. The lowest BCUT2D eigenvalue weighted by Crippen LogP contribution is -2.30. The molecule has 0 rings (SSSR count). The lowest BCUT2D eigenvalue weighted by molar-refractivity contribution is 0.598. The molecule has 650 valence electrons. The van der Waals surface area contributed by atoms with Gasteiger partial charge in [0.05, 0.1) is 115 Å². The van der Waals surface area contributed by atoms with Crippen LogP contribution in [0.3, 0.4) is 0 Å². The van der Waals surface area contributed by atoms with E-state index in [9.17, 15) is 0 Å². The number of guanidine groups is 9. The Morgan fingerprint density at radius 1 is 0.222 bits per heavy atom. The van der Waals surface area contributed by atoms with E-state index in [1.54, 1.807) is 125 Å². The number of hydrogen-bond donors (Lipinski definition) is 28. The summed E-state index contributed by atoms with van der Waals surface area (Å²) in [6, 6.07) is 0. The molecular formula is C58H123N59. The predicted molar refractivity (Wildman–Crippen MR) is 496 cm³/mol. The zero-order valence-electron chi connectivity index (χ0n) is 69.2. The van der Waals surface area contributed by atoms with Crippen LogP contribution in [-0.2, 0) is 0 Å². The molecule has 0 aromatic rings. The van der Waals surface area contributed by atoms with Gasteiger partial charge in [-0.1, -0.05) is 0 Å². The maximum Gasteiger partial charge on any atom is 0.211 e. The highest BCUT2D eigenvalue weighted by Crippen LogP contribution is 1.86. The van der Waals surface area contributed by atoms with E-state index in [1.165, 1.54) is 55.9 Å². The third kappa shape index (κ3) is 139. The Labute approximate surface area is 678 Å². The number of hydrazone groups is 1. The summed E-state index contributed by atoms with van der Waals surface area (Å²) < 4.78 is 0. The Morgan fingerprint density at radius 3 is 0.479 bits per heavy atom. The van der Waals surface area contributed by atoms with Crippen molar-refractivity contribution in [2.45, 2.75) is 131 Å². The second-order valence-corrected chi connectivity index (χ2v) is 21.5. The second-order valence-electron chi connectivity index (χ2n) is 21.5. The number of nitrogens with zero attached hydrogens (tertiary/aromatic N) is 31. The van der Waals surface area contributed by atoms with Crippen molar-refractivity contribution in [3.05, 3.63) is 0 Å². The fourth-order valence-corrected chi connectivity index (χ4v) is 3.78. The average molecular weight is 1650 g/mol. The average Bonchev–Trinajstić information content (AvgIpc) is 1.08. The van der Waals surface area contributed by atoms with Gasteiger partial charge in [0, 0.05) is 47.7 Å². The van der Waals surface area contributed by atoms with Crippen LogP contribution in [0.5, 0.6) is 0 Å². The first-order valence-electron chi connectivity index (χ1n) is 32.4. The highest BCUT2D eigenvalue weighted by molar-refractivity contribution is 6.33. The topological polar surface area (TPSA) is 1090 Å². The van der Waals surface area contributed by atoms with Crippen LogP contribution in [0.4, 0.5) is 0 Å². The van der Waals surface area contributed by atoms with Crippen molar-refractivity contribution in [1.29, 1.82) is 21.6 Å². The molecule has 0 aromatic carbocycles. The van der Waals surface area contributed by atoms with Crippen LogP contribution in [-0.4, -0.2) is 240 Å². The van der Waals surface area contributed by atoms with Crippen LogP contribution in [0.1, 0.15) is 125 Å². The molecule has 0 amide bonds. The molecule has 59 nitrogen and oxygen atoms in total. The molecule has 0 saturated heterocycles. The third-order valence-corrected chi connectivity index (χ3v) is 7.70. The van der Waals surface area contributed by atoms with Gasteiger partial charge in [0.15, 0.2) is 0 Å². The molecule has 0 aromatic heterocycles. The summed E-state index contributed by atoms with van der Waals surface area (Å²) in [6.45, 7) is 31.8. The van der Waals surface area contributed by atoms with Crippen molar-refractivity contribution >= 4 is 207 Å². The molecule has 0 aliphatic rings. The summed E-state index contributed by atoms with van der Waals surface area (Å²) in [7, 11) is 0. The van der Waals surface area contributed by atoms with E-state index >= 15 is 0 Å². The van der Waals surface area contributed by atoms with Gasteiger partial charge in [-0.2, -0.15) is 71.4 Å². The molecule has 1 unspecified atom stereocenters. The summed E-state index contributed by atoms with van der Waals surface area (Å²) >= 11 is 0. The summed E-state index contributed by atoms with van der Waals surface area (Å²) in [5.41, 5.74) is 127. The van der Waals surface area contributed by atoms with E-state index in [0.717, 1.165) is 0 Å². The van der Waals surface area contributed by atoms with Gasteiger partial charge in [-0.25, -0.2) is 0 Å². The minimum absolute atomic E-state index is 0.0871. The van der Waals surface area contributed by atoms with E-state index in [0.29, 0.717) is 124 Å². The summed E-state index contributed by atoms with van der Waals surface area (Å²) in [5, 5.41) is 124. The van der Waals surface area contributed by atoms with Gasteiger partial charge in [-0.3, -0.25) is 25.4 Å². The first-order chi connectivity index (χ1) is 54.2. The molecule has 0 spiro atoms. The molecule has 1 atom stereocenters. The van der Waals surface area contributed by atoms with Crippen LogP contribution in [0.2, 0.25) is 0 Å². The molecule has 0 fully saturated rings. The largest absolute Gasteiger partial charge is 0.386 e. The van der Waals surface area contributed by atoms with Gasteiger partial charge < -0.3 is 154 Å². The van der Waals surface area contributed by atoms with Crippen molar-refractivity contribution in [1.82, 2.24) is 5.43 Å². The van der Waals surface area contributed by atoms with E-state index in [-0.39, 0.29) is 59.8 Å². The van der Waals surface area contributed by atoms with Crippen LogP contribution in [0.25, 0.3) is 0 Å². The maximum absolute atomic E-state index is 7.09. The first-order valence-corrected chi connectivity index (χ1v) is 32.4. The fourth-order valence-electron chi connectivity index (χ4n) is 3.78. The zero-order valence-corrected chi connectivity index (χ0v) is 69.2. The molecule has 0 saturated carbocycles. The van der Waals surface area contributed by atoms with Gasteiger partial charge in [-0.05, 0) is 125 Å². The van der Waals surface area contributed by atoms with Crippen molar-refractivity contribution in [3.63, 3.8) is 0 Å². The SMILES string of the molecule is C/C(N)=N/N=C/C(C)=N\N=C(N)N.CC(/C=N/NC(C)N)=N\N=C(N)N.CC(=N)CN=C/C(C)=N/N=C(N)N.CC(=N)CN=C/C(C)=N/N=C(N)N.CC(=N)CN=C/C(C)=N\N=C(N)N.CC(=N)CN=C/C(C)=N\N=C(N)N.CC(N)=N/N=C\C(C)=N\N=C(N)N.CC(N)=N/N=C\C(C)=N\N=C(N)N.C\C(N)=N/N=C\C(C)=N\N=C(N)N. The van der Waals surface area contributed by atoms with Gasteiger partial charge in [-0.15, -0.1) is 66.3 Å². The van der Waals surface area contributed by atoms with Crippen molar-refractivity contribution in [2.24, 2.45) is 290 Å².